The molecule has 0 atom stereocenters. The van der Waals surface area contributed by atoms with Gasteiger partial charge < -0.3 is 10.4 Å². The highest BCUT2D eigenvalue weighted by Crippen LogP contribution is 2.32. The minimum atomic E-state index is -0.442. The third-order valence-corrected chi connectivity index (χ3v) is 4.90. The van der Waals surface area contributed by atoms with Crippen LogP contribution in [0.4, 0.5) is 10.1 Å². The average Bonchev–Trinajstić information content (AvgIpc) is 2.86. The summed E-state index contributed by atoms with van der Waals surface area (Å²) in [5.41, 5.74) is 0.765. The Morgan fingerprint density at radius 1 is 1.23 bits per heavy atom. The van der Waals surface area contributed by atoms with Gasteiger partial charge in [-0.15, -0.1) is 0 Å². The van der Waals surface area contributed by atoms with E-state index in [-0.39, 0.29) is 27.1 Å². The molecule has 2 aromatic rings. The second-order valence-corrected chi connectivity index (χ2v) is 7.06. The van der Waals surface area contributed by atoms with Crippen molar-refractivity contribution >= 4 is 51.9 Å². The quantitative estimate of drug-likeness (QED) is 0.477. The zero-order valence-electron chi connectivity index (χ0n) is 13.3. The van der Waals surface area contributed by atoms with Crippen molar-refractivity contribution in [2.75, 3.05) is 11.9 Å². The Morgan fingerprint density at radius 3 is 2.62 bits per heavy atom. The molecule has 1 fully saturated rings. The molecule has 26 heavy (non-hydrogen) atoms. The minimum absolute atomic E-state index is 0.0817. The van der Waals surface area contributed by atoms with Crippen LogP contribution in [0.2, 0.25) is 0 Å². The van der Waals surface area contributed by atoms with Crippen molar-refractivity contribution in [3.8, 4) is 5.75 Å². The summed E-state index contributed by atoms with van der Waals surface area (Å²) >= 11 is 6.19. The van der Waals surface area contributed by atoms with Crippen LogP contribution in [-0.2, 0) is 9.59 Å². The minimum Gasteiger partial charge on any atom is -0.508 e. The van der Waals surface area contributed by atoms with E-state index in [0.717, 1.165) is 11.8 Å². The number of hydrogen-bond donors (Lipinski definition) is 2. The lowest BCUT2D eigenvalue weighted by Gasteiger charge is -2.14. The molecule has 2 aromatic carbocycles. The summed E-state index contributed by atoms with van der Waals surface area (Å²) in [5, 5.41) is 11.9. The molecule has 0 bridgehead atoms. The van der Waals surface area contributed by atoms with Crippen LogP contribution >= 0.6 is 24.0 Å². The Morgan fingerprint density at radius 2 is 1.92 bits per heavy atom. The van der Waals surface area contributed by atoms with E-state index < -0.39 is 17.6 Å². The second-order valence-electron chi connectivity index (χ2n) is 5.38. The SMILES string of the molecule is O=C(CN1C(=O)/C(=C/c2ccccc2F)SC1=S)Nc1ccc(O)cc1. The van der Waals surface area contributed by atoms with Crippen LogP contribution in [-0.4, -0.2) is 32.7 Å². The molecule has 0 unspecified atom stereocenters. The molecule has 0 spiro atoms. The first-order valence-corrected chi connectivity index (χ1v) is 8.75. The van der Waals surface area contributed by atoms with Crippen molar-refractivity contribution in [3.63, 3.8) is 0 Å². The fraction of sp³-hybridized carbons (Fsp3) is 0.0556. The van der Waals surface area contributed by atoms with Gasteiger partial charge in [0.1, 0.15) is 22.4 Å². The van der Waals surface area contributed by atoms with E-state index in [4.69, 9.17) is 12.2 Å². The number of hydrogen-bond acceptors (Lipinski definition) is 5. The van der Waals surface area contributed by atoms with E-state index in [1.807, 2.05) is 0 Å². The molecule has 2 amide bonds. The maximum atomic E-state index is 13.8. The van der Waals surface area contributed by atoms with Crippen LogP contribution in [0.3, 0.4) is 0 Å². The number of nitrogens with one attached hydrogen (secondary N) is 1. The molecule has 1 aliphatic heterocycles. The number of benzene rings is 2. The standard InChI is InChI=1S/C18H13FN2O3S2/c19-14-4-2-1-3-11(14)9-15-17(24)21(18(25)26-15)10-16(23)20-12-5-7-13(22)8-6-12/h1-9,22H,10H2,(H,20,23)/b15-9-. The first kappa shape index (κ1) is 18.1. The molecule has 1 heterocycles. The number of phenolic OH excluding ortho intramolecular Hbond substituents is 1. The summed E-state index contributed by atoms with van der Waals surface area (Å²) in [5.74, 6) is -1.23. The van der Waals surface area contributed by atoms with Gasteiger partial charge in [0.25, 0.3) is 5.91 Å². The Kier molecular flexibility index (Phi) is 5.34. The topological polar surface area (TPSA) is 69.6 Å². The van der Waals surface area contributed by atoms with Crippen molar-refractivity contribution in [1.82, 2.24) is 4.90 Å². The Hall–Kier alpha value is -2.71. The molecule has 0 radical (unpaired) electrons. The average molecular weight is 388 g/mol. The Bertz CT molecular complexity index is 913. The monoisotopic (exact) mass is 388 g/mol. The van der Waals surface area contributed by atoms with Gasteiger partial charge in [0, 0.05) is 11.3 Å². The van der Waals surface area contributed by atoms with Crippen molar-refractivity contribution in [3.05, 3.63) is 64.8 Å². The van der Waals surface area contributed by atoms with Crippen LogP contribution in [0.25, 0.3) is 6.08 Å². The molecular weight excluding hydrogens is 375 g/mol. The summed E-state index contributed by atoms with van der Waals surface area (Å²) in [6, 6.07) is 12.0. The van der Waals surface area contributed by atoms with Crippen molar-refractivity contribution in [1.29, 1.82) is 0 Å². The third kappa shape index (κ3) is 4.09. The number of thiocarbonyl (C=S) groups is 1. The van der Waals surface area contributed by atoms with Crippen molar-refractivity contribution in [2.24, 2.45) is 0 Å². The van der Waals surface area contributed by atoms with Gasteiger partial charge in [-0.3, -0.25) is 14.5 Å². The first-order valence-electron chi connectivity index (χ1n) is 7.53. The van der Waals surface area contributed by atoms with Crippen molar-refractivity contribution < 1.29 is 19.1 Å². The summed E-state index contributed by atoms with van der Waals surface area (Å²) in [4.78, 5) is 26.1. The van der Waals surface area contributed by atoms with Crippen LogP contribution in [0, 0.1) is 5.82 Å². The zero-order chi connectivity index (χ0) is 18.7. The van der Waals surface area contributed by atoms with Gasteiger partial charge in [-0.1, -0.05) is 42.2 Å². The van der Waals surface area contributed by atoms with Gasteiger partial charge in [-0.05, 0) is 36.4 Å². The largest absolute Gasteiger partial charge is 0.508 e. The number of thioether (sulfide) groups is 1. The molecule has 1 aliphatic rings. The van der Waals surface area contributed by atoms with E-state index in [1.54, 1.807) is 18.2 Å². The van der Waals surface area contributed by atoms with Crippen LogP contribution in [0.15, 0.2) is 53.4 Å². The fourth-order valence-corrected chi connectivity index (χ4v) is 3.50. The number of aromatic hydroxyl groups is 1. The van der Waals surface area contributed by atoms with E-state index in [0.29, 0.717) is 5.69 Å². The molecule has 132 valence electrons. The lowest BCUT2D eigenvalue weighted by molar-refractivity contribution is -0.126. The number of carbonyl (C=O) groups excluding carboxylic acids is 2. The maximum Gasteiger partial charge on any atom is 0.266 e. The summed E-state index contributed by atoms with van der Waals surface area (Å²) in [6.07, 6.45) is 1.42. The van der Waals surface area contributed by atoms with E-state index in [9.17, 15) is 19.1 Å². The van der Waals surface area contributed by atoms with Gasteiger partial charge >= 0.3 is 0 Å². The first-order chi connectivity index (χ1) is 12.4. The Labute approximate surface area is 158 Å². The fourth-order valence-electron chi connectivity index (χ4n) is 2.26. The number of phenols is 1. The number of amides is 2. The van der Waals surface area contributed by atoms with E-state index in [2.05, 4.69) is 5.32 Å². The number of anilines is 1. The van der Waals surface area contributed by atoms with Crippen molar-refractivity contribution in [2.45, 2.75) is 0 Å². The predicted molar refractivity (Wildman–Crippen MR) is 103 cm³/mol. The van der Waals surface area contributed by atoms with E-state index >= 15 is 0 Å². The molecule has 0 aliphatic carbocycles. The van der Waals surface area contributed by atoms with Crippen LogP contribution in [0.1, 0.15) is 5.56 Å². The smallest absolute Gasteiger partial charge is 0.266 e. The van der Waals surface area contributed by atoms with Gasteiger partial charge in [-0.2, -0.15) is 0 Å². The molecule has 3 rings (SSSR count). The summed E-state index contributed by atoms with van der Waals surface area (Å²) in [6.45, 7) is -0.250. The predicted octanol–water partition coefficient (Wildman–Crippen LogP) is 3.37. The molecule has 2 N–H and O–H groups in total. The molecule has 0 aromatic heterocycles. The molecule has 5 nitrogen and oxygen atoms in total. The highest BCUT2D eigenvalue weighted by molar-refractivity contribution is 8.26. The molecule has 8 heteroatoms. The van der Waals surface area contributed by atoms with Gasteiger partial charge in [-0.25, -0.2) is 4.39 Å². The Balaban J connectivity index is 1.70. The molecule has 0 saturated carbocycles. The lowest BCUT2D eigenvalue weighted by atomic mass is 10.2. The van der Waals surface area contributed by atoms with E-state index in [1.165, 1.54) is 41.3 Å². The lowest BCUT2D eigenvalue weighted by Crippen LogP contribution is -2.36. The van der Waals surface area contributed by atoms with Gasteiger partial charge in [0.15, 0.2) is 0 Å². The third-order valence-electron chi connectivity index (χ3n) is 3.52. The summed E-state index contributed by atoms with van der Waals surface area (Å²) < 4.78 is 14.0. The van der Waals surface area contributed by atoms with Crippen LogP contribution in [0.5, 0.6) is 5.75 Å². The number of halogens is 1. The maximum absolute atomic E-state index is 13.8. The molecular formula is C18H13FN2O3S2. The zero-order valence-corrected chi connectivity index (χ0v) is 14.9. The van der Waals surface area contributed by atoms with Crippen LogP contribution < -0.4 is 5.32 Å². The normalized spacial score (nSPS) is 15.6. The summed E-state index contributed by atoms with van der Waals surface area (Å²) in [7, 11) is 0. The highest BCUT2D eigenvalue weighted by atomic mass is 32.2. The number of carbonyl (C=O) groups is 2. The molecule has 1 saturated heterocycles. The number of rotatable bonds is 4. The second kappa shape index (κ2) is 7.67. The number of nitrogens with zero attached hydrogens (tertiary/aromatic N) is 1. The van der Waals surface area contributed by atoms with Gasteiger partial charge in [0.2, 0.25) is 5.91 Å². The van der Waals surface area contributed by atoms with Gasteiger partial charge in [0.05, 0.1) is 4.91 Å². The highest BCUT2D eigenvalue weighted by Gasteiger charge is 2.33.